The Bertz CT molecular complexity index is 380. The molecule has 0 bridgehead atoms. The molecule has 1 heterocycles. The van der Waals surface area contributed by atoms with Crippen LogP contribution in [0.25, 0.3) is 0 Å². The quantitative estimate of drug-likeness (QED) is 0.904. The Balaban J connectivity index is 2.00. The molecule has 1 N–H and O–H groups in total. The fourth-order valence-electron chi connectivity index (χ4n) is 2.12. The van der Waals surface area contributed by atoms with Gasteiger partial charge >= 0.3 is 6.18 Å². The van der Waals surface area contributed by atoms with Gasteiger partial charge in [0.2, 0.25) is 0 Å². The van der Waals surface area contributed by atoms with Crippen molar-refractivity contribution in [3.8, 4) is 0 Å². The molecule has 0 radical (unpaired) electrons. The molecule has 2 atom stereocenters. The summed E-state index contributed by atoms with van der Waals surface area (Å²) in [6.45, 7) is 1.32. The van der Waals surface area contributed by atoms with Crippen molar-refractivity contribution in [2.24, 2.45) is 5.92 Å². The molecule has 2 nitrogen and oxygen atoms in total. The van der Waals surface area contributed by atoms with E-state index in [1.165, 1.54) is 12.1 Å². The van der Waals surface area contributed by atoms with Gasteiger partial charge in [-0.1, -0.05) is 12.1 Å². The minimum absolute atomic E-state index is 0.294. The minimum Gasteiger partial charge on any atom is -0.388 e. The van der Waals surface area contributed by atoms with E-state index in [0.29, 0.717) is 31.1 Å². The SMILES string of the molecule is OC(CC1CCOC1)c1ccc(C(F)(F)F)cc1. The van der Waals surface area contributed by atoms with Gasteiger partial charge < -0.3 is 9.84 Å². The van der Waals surface area contributed by atoms with Crippen LogP contribution in [0, 0.1) is 5.92 Å². The number of halogens is 3. The Morgan fingerprint density at radius 3 is 2.44 bits per heavy atom. The number of aliphatic hydroxyl groups is 1. The molecule has 0 spiro atoms. The van der Waals surface area contributed by atoms with E-state index in [-0.39, 0.29) is 0 Å². The second kappa shape index (κ2) is 5.28. The predicted molar refractivity (Wildman–Crippen MR) is 59.9 cm³/mol. The van der Waals surface area contributed by atoms with Crippen LogP contribution >= 0.6 is 0 Å². The third-order valence-electron chi connectivity index (χ3n) is 3.20. The molecule has 0 aromatic heterocycles. The fourth-order valence-corrected chi connectivity index (χ4v) is 2.12. The molecule has 5 heteroatoms. The number of alkyl halides is 3. The second-order valence-corrected chi connectivity index (χ2v) is 4.60. The molecule has 18 heavy (non-hydrogen) atoms. The number of rotatable bonds is 3. The summed E-state index contributed by atoms with van der Waals surface area (Å²) in [7, 11) is 0. The summed E-state index contributed by atoms with van der Waals surface area (Å²) in [5.74, 6) is 0.294. The fraction of sp³-hybridized carbons (Fsp3) is 0.538. The number of benzene rings is 1. The largest absolute Gasteiger partial charge is 0.416 e. The summed E-state index contributed by atoms with van der Waals surface area (Å²) >= 11 is 0. The van der Waals surface area contributed by atoms with Crippen LogP contribution in [0.5, 0.6) is 0 Å². The lowest BCUT2D eigenvalue weighted by molar-refractivity contribution is -0.137. The van der Waals surface area contributed by atoms with Gasteiger partial charge in [0.15, 0.2) is 0 Å². The average Bonchev–Trinajstić information content (AvgIpc) is 2.81. The zero-order valence-electron chi connectivity index (χ0n) is 9.78. The first-order valence-corrected chi connectivity index (χ1v) is 5.90. The Hall–Kier alpha value is -1.07. The van der Waals surface area contributed by atoms with Crippen LogP contribution in [0.15, 0.2) is 24.3 Å². The van der Waals surface area contributed by atoms with Crippen LogP contribution in [-0.2, 0) is 10.9 Å². The van der Waals surface area contributed by atoms with Crippen molar-refractivity contribution in [3.63, 3.8) is 0 Å². The topological polar surface area (TPSA) is 29.5 Å². The van der Waals surface area contributed by atoms with Crippen molar-refractivity contribution < 1.29 is 23.0 Å². The highest BCUT2D eigenvalue weighted by atomic mass is 19.4. The van der Waals surface area contributed by atoms with Gasteiger partial charge in [-0.2, -0.15) is 13.2 Å². The first-order valence-electron chi connectivity index (χ1n) is 5.90. The lowest BCUT2D eigenvalue weighted by Crippen LogP contribution is -2.09. The van der Waals surface area contributed by atoms with E-state index in [1.54, 1.807) is 0 Å². The van der Waals surface area contributed by atoms with E-state index in [4.69, 9.17) is 4.74 Å². The third kappa shape index (κ3) is 3.23. The van der Waals surface area contributed by atoms with Gasteiger partial charge in [0.25, 0.3) is 0 Å². The van der Waals surface area contributed by atoms with Crippen molar-refractivity contribution in [1.82, 2.24) is 0 Å². The Kier molecular flexibility index (Phi) is 3.92. The first kappa shape index (κ1) is 13.4. The van der Waals surface area contributed by atoms with Gasteiger partial charge in [0.1, 0.15) is 0 Å². The molecular weight excluding hydrogens is 245 g/mol. The van der Waals surface area contributed by atoms with Crippen LogP contribution in [0.3, 0.4) is 0 Å². The minimum atomic E-state index is -4.33. The molecule has 0 saturated carbocycles. The van der Waals surface area contributed by atoms with Crippen LogP contribution in [-0.4, -0.2) is 18.3 Å². The summed E-state index contributed by atoms with van der Waals surface area (Å²) in [6, 6.07) is 4.68. The summed E-state index contributed by atoms with van der Waals surface area (Å²) < 4.78 is 42.3. The molecule has 1 fully saturated rings. The number of hydrogen-bond donors (Lipinski definition) is 1. The number of aliphatic hydroxyl groups excluding tert-OH is 1. The van der Waals surface area contributed by atoms with Crippen LogP contribution in [0.1, 0.15) is 30.1 Å². The van der Waals surface area contributed by atoms with E-state index in [2.05, 4.69) is 0 Å². The summed E-state index contributed by atoms with van der Waals surface area (Å²) in [5.41, 5.74) is -0.169. The Morgan fingerprint density at radius 1 is 1.28 bits per heavy atom. The molecule has 1 aliphatic rings. The lowest BCUT2D eigenvalue weighted by atomic mass is 9.96. The normalized spacial score (nSPS) is 22.1. The molecule has 1 aromatic rings. The van der Waals surface area contributed by atoms with Crippen LogP contribution in [0.2, 0.25) is 0 Å². The highest BCUT2D eigenvalue weighted by molar-refractivity contribution is 5.26. The molecular formula is C13H15F3O2. The lowest BCUT2D eigenvalue weighted by Gasteiger charge is -2.15. The molecule has 100 valence electrons. The van der Waals surface area contributed by atoms with Gasteiger partial charge in [-0.3, -0.25) is 0 Å². The zero-order chi connectivity index (χ0) is 13.2. The van der Waals surface area contributed by atoms with Gasteiger partial charge in [0, 0.05) is 13.2 Å². The molecule has 0 amide bonds. The summed E-state index contributed by atoms with van der Waals surface area (Å²) in [5, 5.41) is 9.94. The molecule has 1 aromatic carbocycles. The van der Waals surface area contributed by atoms with Gasteiger partial charge in [-0.05, 0) is 36.5 Å². The standard InChI is InChI=1S/C13H15F3O2/c14-13(15,16)11-3-1-10(2-4-11)12(17)7-9-5-6-18-8-9/h1-4,9,12,17H,5-8H2. The van der Waals surface area contributed by atoms with Crippen molar-refractivity contribution in [1.29, 1.82) is 0 Å². The molecule has 2 unspecified atom stereocenters. The molecule has 2 rings (SSSR count). The molecule has 0 aliphatic carbocycles. The Morgan fingerprint density at radius 2 is 1.94 bits per heavy atom. The van der Waals surface area contributed by atoms with Crippen molar-refractivity contribution in [2.45, 2.75) is 25.1 Å². The molecule has 1 saturated heterocycles. The maximum atomic E-state index is 12.4. The number of hydrogen-bond acceptors (Lipinski definition) is 2. The van der Waals surface area contributed by atoms with E-state index in [9.17, 15) is 18.3 Å². The van der Waals surface area contributed by atoms with E-state index < -0.39 is 17.8 Å². The van der Waals surface area contributed by atoms with E-state index in [0.717, 1.165) is 18.6 Å². The van der Waals surface area contributed by atoms with Gasteiger partial charge in [-0.15, -0.1) is 0 Å². The highest BCUT2D eigenvalue weighted by Gasteiger charge is 2.30. The van der Waals surface area contributed by atoms with Gasteiger partial charge in [0.05, 0.1) is 11.7 Å². The van der Waals surface area contributed by atoms with Crippen molar-refractivity contribution in [2.75, 3.05) is 13.2 Å². The molecule has 1 aliphatic heterocycles. The first-order chi connectivity index (χ1) is 8.47. The third-order valence-corrected chi connectivity index (χ3v) is 3.20. The highest BCUT2D eigenvalue weighted by Crippen LogP contribution is 2.31. The zero-order valence-corrected chi connectivity index (χ0v) is 9.78. The van der Waals surface area contributed by atoms with Crippen LogP contribution in [0.4, 0.5) is 13.2 Å². The van der Waals surface area contributed by atoms with Gasteiger partial charge in [-0.25, -0.2) is 0 Å². The van der Waals surface area contributed by atoms with Crippen LogP contribution < -0.4 is 0 Å². The maximum Gasteiger partial charge on any atom is 0.416 e. The average molecular weight is 260 g/mol. The van der Waals surface area contributed by atoms with E-state index >= 15 is 0 Å². The summed E-state index contributed by atoms with van der Waals surface area (Å²) in [4.78, 5) is 0. The number of ether oxygens (including phenoxy) is 1. The van der Waals surface area contributed by atoms with Crippen molar-refractivity contribution in [3.05, 3.63) is 35.4 Å². The van der Waals surface area contributed by atoms with Crippen molar-refractivity contribution >= 4 is 0 Å². The smallest absolute Gasteiger partial charge is 0.388 e. The van der Waals surface area contributed by atoms with E-state index in [1.807, 2.05) is 0 Å². The summed E-state index contributed by atoms with van der Waals surface area (Å²) in [6.07, 6.45) is -3.62. The Labute approximate surface area is 103 Å². The second-order valence-electron chi connectivity index (χ2n) is 4.60. The maximum absolute atomic E-state index is 12.4. The predicted octanol–water partition coefficient (Wildman–Crippen LogP) is 3.17. The monoisotopic (exact) mass is 260 g/mol.